The first-order chi connectivity index (χ1) is 9.19. The molecule has 1 heterocycles. The third-order valence-corrected chi connectivity index (χ3v) is 4.18. The molecular weight excluding hydrogens is 262 g/mol. The van der Waals surface area contributed by atoms with Gasteiger partial charge in [-0.15, -0.1) is 11.8 Å². The summed E-state index contributed by atoms with van der Waals surface area (Å²) < 4.78 is 4.50. The van der Waals surface area contributed by atoms with Crippen LogP contribution in [0.25, 0.3) is 0 Å². The number of thioether (sulfide) groups is 1. The van der Waals surface area contributed by atoms with Crippen LogP contribution in [0.15, 0.2) is 23.1 Å². The summed E-state index contributed by atoms with van der Waals surface area (Å²) in [5.41, 5.74) is 2.10. The van der Waals surface area contributed by atoms with Gasteiger partial charge in [-0.25, -0.2) is 0 Å². The number of hydrogen-bond acceptors (Lipinski definition) is 4. The normalized spacial score (nSPS) is 13.5. The van der Waals surface area contributed by atoms with Crippen molar-refractivity contribution in [3.63, 3.8) is 0 Å². The Hall–Kier alpha value is -1.49. The zero-order valence-electron chi connectivity index (χ0n) is 10.9. The molecule has 0 spiro atoms. The molecule has 2 rings (SSSR count). The van der Waals surface area contributed by atoms with Crippen molar-refractivity contribution in [3.8, 4) is 0 Å². The third-order valence-electron chi connectivity index (χ3n) is 2.98. The summed E-state index contributed by atoms with van der Waals surface area (Å²) in [7, 11) is 1.32. The molecule has 4 nitrogen and oxygen atoms in total. The Labute approximate surface area is 116 Å². The zero-order chi connectivity index (χ0) is 13.7. The highest BCUT2D eigenvalue weighted by atomic mass is 32.2. The van der Waals surface area contributed by atoms with Crippen molar-refractivity contribution < 1.29 is 14.3 Å². The number of fused-ring (bicyclic) bond motifs is 1. The molecule has 0 atom stereocenters. The summed E-state index contributed by atoms with van der Waals surface area (Å²) >= 11 is 1.86. The maximum absolute atomic E-state index is 11.7. The standard InChI is InChI=1S/C14H17NO3S/c1-18-14(17)7-6-13(16)15-11-4-5-12-10(9-11)3-2-8-19-12/h4-5,9H,2-3,6-8H2,1H3,(H,15,16). The van der Waals surface area contributed by atoms with E-state index >= 15 is 0 Å². The second kappa shape index (κ2) is 6.61. The fraction of sp³-hybridized carbons (Fsp3) is 0.429. The van der Waals surface area contributed by atoms with Crippen molar-refractivity contribution in [1.29, 1.82) is 0 Å². The maximum atomic E-state index is 11.7. The molecule has 1 N–H and O–H groups in total. The third kappa shape index (κ3) is 3.99. The van der Waals surface area contributed by atoms with Crippen molar-refractivity contribution in [2.75, 3.05) is 18.2 Å². The monoisotopic (exact) mass is 279 g/mol. The Morgan fingerprint density at radius 3 is 3.00 bits per heavy atom. The fourth-order valence-electron chi connectivity index (χ4n) is 1.98. The van der Waals surface area contributed by atoms with E-state index in [1.54, 1.807) is 0 Å². The van der Waals surface area contributed by atoms with E-state index in [1.165, 1.54) is 24.0 Å². The molecule has 19 heavy (non-hydrogen) atoms. The Kier molecular flexibility index (Phi) is 4.85. The Bertz CT molecular complexity index is 488. The second-order valence-corrected chi connectivity index (χ2v) is 5.54. The number of esters is 1. The van der Waals surface area contributed by atoms with Gasteiger partial charge in [0.1, 0.15) is 0 Å². The van der Waals surface area contributed by atoms with Gasteiger partial charge in [0.05, 0.1) is 13.5 Å². The van der Waals surface area contributed by atoms with Crippen LogP contribution in [0.5, 0.6) is 0 Å². The lowest BCUT2D eigenvalue weighted by molar-refractivity contribution is -0.141. The molecule has 1 aliphatic heterocycles. The first-order valence-electron chi connectivity index (χ1n) is 6.31. The SMILES string of the molecule is COC(=O)CCC(=O)Nc1ccc2c(c1)CCCS2. The molecule has 1 aromatic carbocycles. The van der Waals surface area contributed by atoms with Crippen LogP contribution in [0.2, 0.25) is 0 Å². The molecule has 102 valence electrons. The maximum Gasteiger partial charge on any atom is 0.306 e. The molecule has 0 saturated carbocycles. The number of ether oxygens (including phenoxy) is 1. The summed E-state index contributed by atoms with van der Waals surface area (Å²) in [6.45, 7) is 0. The smallest absolute Gasteiger partial charge is 0.306 e. The van der Waals surface area contributed by atoms with E-state index in [9.17, 15) is 9.59 Å². The molecular formula is C14H17NO3S. The molecule has 0 bridgehead atoms. The minimum atomic E-state index is -0.364. The number of anilines is 1. The molecule has 1 aliphatic rings. The van der Waals surface area contributed by atoms with Gasteiger partial charge >= 0.3 is 5.97 Å². The van der Waals surface area contributed by atoms with Gasteiger partial charge in [-0.05, 0) is 42.4 Å². The molecule has 0 radical (unpaired) electrons. The first kappa shape index (κ1) is 13.9. The molecule has 0 saturated heterocycles. The van der Waals surface area contributed by atoms with E-state index in [-0.39, 0.29) is 24.7 Å². The van der Waals surface area contributed by atoms with E-state index in [4.69, 9.17) is 0 Å². The van der Waals surface area contributed by atoms with Crippen LogP contribution < -0.4 is 5.32 Å². The number of hydrogen-bond donors (Lipinski definition) is 1. The van der Waals surface area contributed by atoms with Gasteiger partial charge in [0, 0.05) is 17.0 Å². The highest BCUT2D eigenvalue weighted by Gasteiger charge is 2.12. The number of methoxy groups -OCH3 is 1. The van der Waals surface area contributed by atoms with Crippen LogP contribution in [0.3, 0.4) is 0 Å². The number of carbonyl (C=O) groups is 2. The Morgan fingerprint density at radius 1 is 1.37 bits per heavy atom. The van der Waals surface area contributed by atoms with Crippen molar-refractivity contribution in [2.45, 2.75) is 30.6 Å². The lowest BCUT2D eigenvalue weighted by atomic mass is 10.1. The van der Waals surface area contributed by atoms with Crippen molar-refractivity contribution in [1.82, 2.24) is 0 Å². The number of amides is 1. The summed E-state index contributed by atoms with van der Waals surface area (Å²) in [6, 6.07) is 5.99. The van der Waals surface area contributed by atoms with Gasteiger partial charge in [0.2, 0.25) is 5.91 Å². The van der Waals surface area contributed by atoms with Crippen LogP contribution >= 0.6 is 11.8 Å². The lowest BCUT2D eigenvalue weighted by Gasteiger charge is -2.16. The largest absolute Gasteiger partial charge is 0.469 e. The van der Waals surface area contributed by atoms with Crippen LogP contribution in [-0.2, 0) is 20.7 Å². The fourth-order valence-corrected chi connectivity index (χ4v) is 3.00. The number of carbonyl (C=O) groups excluding carboxylic acids is 2. The average Bonchev–Trinajstić information content (AvgIpc) is 2.44. The van der Waals surface area contributed by atoms with Crippen molar-refractivity contribution in [2.24, 2.45) is 0 Å². The van der Waals surface area contributed by atoms with Crippen LogP contribution in [0, 0.1) is 0 Å². The number of nitrogens with one attached hydrogen (secondary N) is 1. The van der Waals surface area contributed by atoms with Crippen LogP contribution in [0.1, 0.15) is 24.8 Å². The first-order valence-corrected chi connectivity index (χ1v) is 7.30. The van der Waals surface area contributed by atoms with Gasteiger partial charge in [0.25, 0.3) is 0 Å². The number of aryl methyl sites for hydroxylation is 1. The predicted molar refractivity (Wildman–Crippen MR) is 75.4 cm³/mol. The minimum absolute atomic E-state index is 0.114. The van der Waals surface area contributed by atoms with Crippen LogP contribution in [0.4, 0.5) is 5.69 Å². The topological polar surface area (TPSA) is 55.4 Å². The molecule has 1 amide bonds. The summed E-state index contributed by atoms with van der Waals surface area (Å²) in [4.78, 5) is 23.9. The predicted octanol–water partition coefficient (Wildman–Crippen LogP) is 2.62. The molecule has 5 heteroatoms. The molecule has 1 aromatic rings. The van der Waals surface area contributed by atoms with E-state index in [1.807, 2.05) is 23.9 Å². The van der Waals surface area contributed by atoms with Crippen molar-refractivity contribution >= 4 is 29.3 Å². The number of rotatable bonds is 4. The molecule has 0 aliphatic carbocycles. The Balaban J connectivity index is 1.92. The van der Waals surface area contributed by atoms with Gasteiger partial charge < -0.3 is 10.1 Å². The second-order valence-electron chi connectivity index (χ2n) is 4.40. The molecule has 0 unspecified atom stereocenters. The average molecular weight is 279 g/mol. The number of benzene rings is 1. The van der Waals surface area contributed by atoms with E-state index < -0.39 is 0 Å². The van der Waals surface area contributed by atoms with Crippen molar-refractivity contribution in [3.05, 3.63) is 23.8 Å². The molecule has 0 fully saturated rings. The van der Waals surface area contributed by atoms with Gasteiger partial charge in [-0.3, -0.25) is 9.59 Å². The van der Waals surface area contributed by atoms with E-state index in [0.717, 1.165) is 17.9 Å². The van der Waals surface area contributed by atoms with E-state index in [2.05, 4.69) is 16.1 Å². The zero-order valence-corrected chi connectivity index (χ0v) is 11.7. The Morgan fingerprint density at radius 2 is 2.21 bits per heavy atom. The molecule has 0 aromatic heterocycles. The lowest BCUT2D eigenvalue weighted by Crippen LogP contribution is -2.14. The van der Waals surface area contributed by atoms with Gasteiger partial charge in [0.15, 0.2) is 0 Å². The quantitative estimate of drug-likeness (QED) is 0.861. The minimum Gasteiger partial charge on any atom is -0.469 e. The summed E-state index contributed by atoms with van der Waals surface area (Å²) in [5, 5.41) is 2.82. The highest BCUT2D eigenvalue weighted by molar-refractivity contribution is 7.99. The van der Waals surface area contributed by atoms with Crippen LogP contribution in [-0.4, -0.2) is 24.7 Å². The van der Waals surface area contributed by atoms with E-state index in [0.29, 0.717) is 0 Å². The van der Waals surface area contributed by atoms with Gasteiger partial charge in [-0.1, -0.05) is 0 Å². The summed E-state index contributed by atoms with van der Waals surface area (Å²) in [5.74, 6) is 0.642. The summed E-state index contributed by atoms with van der Waals surface area (Å²) in [6.07, 6.45) is 2.51. The van der Waals surface area contributed by atoms with Gasteiger partial charge in [-0.2, -0.15) is 0 Å². The highest BCUT2D eigenvalue weighted by Crippen LogP contribution is 2.31.